The molecule has 26 heavy (non-hydrogen) atoms. The average Bonchev–Trinajstić information content (AvgIpc) is 2.68. The topological polar surface area (TPSA) is 48.9 Å². The Morgan fingerprint density at radius 1 is 1.15 bits per heavy atom. The minimum absolute atomic E-state index is 0. The molecule has 0 saturated heterocycles. The van der Waals surface area contributed by atoms with Gasteiger partial charge in [0, 0.05) is 52.6 Å². The van der Waals surface area contributed by atoms with Crippen molar-refractivity contribution in [3.8, 4) is 0 Å². The van der Waals surface area contributed by atoms with Gasteiger partial charge in [0.2, 0.25) is 0 Å². The second-order valence-corrected chi connectivity index (χ2v) is 6.77. The van der Waals surface area contributed by atoms with E-state index in [4.69, 9.17) is 4.74 Å². The standard InChI is InChI=1S/C20H34N4O.HI/c1-21-20(22-14-7-15-25-3)23-16-17-10-12-19(13-11-17)24(2)18-8-5-4-6-9-18;/h10-13,18H,4-9,14-16H2,1-3H3,(H2,21,22,23);1H. The van der Waals surface area contributed by atoms with Gasteiger partial charge in [-0.3, -0.25) is 4.99 Å². The fourth-order valence-corrected chi connectivity index (χ4v) is 3.36. The first-order valence-electron chi connectivity index (χ1n) is 9.50. The minimum Gasteiger partial charge on any atom is -0.385 e. The Morgan fingerprint density at radius 2 is 1.85 bits per heavy atom. The molecule has 1 saturated carbocycles. The molecule has 0 heterocycles. The Morgan fingerprint density at radius 3 is 2.46 bits per heavy atom. The number of benzene rings is 1. The van der Waals surface area contributed by atoms with E-state index in [1.807, 2.05) is 0 Å². The Kier molecular flexibility index (Phi) is 11.7. The number of nitrogens with zero attached hydrogens (tertiary/aromatic N) is 2. The molecule has 0 aromatic heterocycles. The van der Waals surface area contributed by atoms with Crippen LogP contribution in [0.15, 0.2) is 29.3 Å². The van der Waals surface area contributed by atoms with Gasteiger partial charge in [0.1, 0.15) is 0 Å². The molecule has 6 heteroatoms. The summed E-state index contributed by atoms with van der Waals surface area (Å²) in [7, 11) is 5.76. The first kappa shape index (κ1) is 23.0. The van der Waals surface area contributed by atoms with Crippen molar-refractivity contribution in [2.75, 3.05) is 39.3 Å². The maximum Gasteiger partial charge on any atom is 0.191 e. The maximum atomic E-state index is 5.06. The Balaban J connectivity index is 0.00000338. The zero-order chi connectivity index (χ0) is 17.9. The zero-order valence-corrected chi connectivity index (χ0v) is 18.8. The molecule has 2 N–H and O–H groups in total. The van der Waals surface area contributed by atoms with E-state index in [0.717, 1.165) is 32.1 Å². The lowest BCUT2D eigenvalue weighted by Gasteiger charge is -2.33. The number of halogens is 1. The summed E-state index contributed by atoms with van der Waals surface area (Å²) in [5.74, 6) is 0.833. The van der Waals surface area contributed by atoms with Gasteiger partial charge < -0.3 is 20.3 Å². The minimum atomic E-state index is 0. The monoisotopic (exact) mass is 474 g/mol. The van der Waals surface area contributed by atoms with Gasteiger partial charge in [-0.1, -0.05) is 31.4 Å². The van der Waals surface area contributed by atoms with Crippen molar-refractivity contribution in [3.63, 3.8) is 0 Å². The average molecular weight is 474 g/mol. The molecule has 0 radical (unpaired) electrons. The van der Waals surface area contributed by atoms with E-state index in [2.05, 4.69) is 51.8 Å². The van der Waals surface area contributed by atoms with Crippen molar-refractivity contribution >= 4 is 35.6 Å². The molecule has 0 bridgehead atoms. The molecule has 0 spiro atoms. The fourth-order valence-electron chi connectivity index (χ4n) is 3.36. The molecular weight excluding hydrogens is 439 g/mol. The molecule has 0 amide bonds. The summed E-state index contributed by atoms with van der Waals surface area (Å²) in [4.78, 5) is 6.70. The van der Waals surface area contributed by atoms with Gasteiger partial charge in [0.25, 0.3) is 0 Å². The third kappa shape index (κ3) is 7.70. The van der Waals surface area contributed by atoms with Crippen molar-refractivity contribution in [1.29, 1.82) is 0 Å². The van der Waals surface area contributed by atoms with Crippen LogP contribution in [0.3, 0.4) is 0 Å². The lowest BCUT2D eigenvalue weighted by atomic mass is 9.94. The van der Waals surface area contributed by atoms with Crippen LogP contribution >= 0.6 is 24.0 Å². The predicted octanol–water partition coefficient (Wildman–Crippen LogP) is 3.78. The van der Waals surface area contributed by atoms with Crippen LogP contribution in [0, 0.1) is 0 Å². The highest BCUT2D eigenvalue weighted by molar-refractivity contribution is 14.0. The van der Waals surface area contributed by atoms with Crippen LogP contribution in [0.4, 0.5) is 5.69 Å². The Hall–Kier alpha value is -1.02. The predicted molar refractivity (Wildman–Crippen MR) is 122 cm³/mol. The highest BCUT2D eigenvalue weighted by Gasteiger charge is 2.18. The van der Waals surface area contributed by atoms with Crippen LogP contribution in [0.5, 0.6) is 0 Å². The molecule has 1 fully saturated rings. The third-order valence-electron chi connectivity index (χ3n) is 4.97. The van der Waals surface area contributed by atoms with E-state index in [-0.39, 0.29) is 24.0 Å². The molecule has 1 aliphatic carbocycles. The van der Waals surface area contributed by atoms with Crippen LogP contribution in [0.1, 0.15) is 44.1 Å². The van der Waals surface area contributed by atoms with Crippen molar-refractivity contribution in [3.05, 3.63) is 29.8 Å². The van der Waals surface area contributed by atoms with Crippen molar-refractivity contribution in [2.24, 2.45) is 4.99 Å². The van der Waals surface area contributed by atoms with Gasteiger partial charge >= 0.3 is 0 Å². The van der Waals surface area contributed by atoms with Crippen LogP contribution in [-0.4, -0.2) is 46.4 Å². The third-order valence-corrected chi connectivity index (χ3v) is 4.97. The van der Waals surface area contributed by atoms with E-state index >= 15 is 0 Å². The number of anilines is 1. The first-order chi connectivity index (χ1) is 12.2. The molecule has 2 rings (SSSR count). The van der Waals surface area contributed by atoms with Crippen molar-refractivity contribution in [1.82, 2.24) is 10.6 Å². The Bertz CT molecular complexity index is 515. The Labute approximate surface area is 176 Å². The van der Waals surface area contributed by atoms with E-state index in [9.17, 15) is 0 Å². The van der Waals surface area contributed by atoms with Gasteiger partial charge in [-0.15, -0.1) is 24.0 Å². The largest absolute Gasteiger partial charge is 0.385 e. The fraction of sp³-hybridized carbons (Fsp3) is 0.650. The number of nitrogens with one attached hydrogen (secondary N) is 2. The molecular formula is C20H35IN4O. The molecule has 0 atom stereocenters. The molecule has 1 aromatic rings. The van der Waals surface area contributed by atoms with Gasteiger partial charge in [0.15, 0.2) is 5.96 Å². The molecule has 0 aliphatic heterocycles. The highest BCUT2D eigenvalue weighted by atomic mass is 127. The lowest BCUT2D eigenvalue weighted by molar-refractivity contribution is 0.195. The SMILES string of the molecule is CN=C(NCCCOC)NCc1ccc(N(C)C2CCCCC2)cc1.I. The second-order valence-electron chi connectivity index (χ2n) is 6.77. The quantitative estimate of drug-likeness (QED) is 0.261. The van der Waals surface area contributed by atoms with Gasteiger partial charge in [0.05, 0.1) is 0 Å². The normalized spacial score (nSPS) is 15.3. The highest BCUT2D eigenvalue weighted by Crippen LogP contribution is 2.26. The summed E-state index contributed by atoms with van der Waals surface area (Å²) in [6.45, 7) is 2.40. The summed E-state index contributed by atoms with van der Waals surface area (Å²) < 4.78 is 5.06. The summed E-state index contributed by atoms with van der Waals surface area (Å²) in [5.41, 5.74) is 2.58. The van der Waals surface area contributed by atoms with Gasteiger partial charge in [-0.2, -0.15) is 0 Å². The maximum absolute atomic E-state index is 5.06. The van der Waals surface area contributed by atoms with E-state index in [1.165, 1.54) is 43.4 Å². The number of guanidine groups is 1. The zero-order valence-electron chi connectivity index (χ0n) is 16.5. The molecule has 5 nitrogen and oxygen atoms in total. The number of ether oxygens (including phenoxy) is 1. The molecule has 1 aromatic carbocycles. The van der Waals surface area contributed by atoms with Crippen molar-refractivity contribution in [2.45, 2.75) is 51.1 Å². The summed E-state index contributed by atoms with van der Waals surface area (Å²) in [5, 5.41) is 6.66. The first-order valence-corrected chi connectivity index (χ1v) is 9.50. The smallest absolute Gasteiger partial charge is 0.191 e. The van der Waals surface area contributed by atoms with Crippen LogP contribution in [-0.2, 0) is 11.3 Å². The molecule has 148 valence electrons. The second kappa shape index (κ2) is 13.2. The van der Waals surface area contributed by atoms with Crippen molar-refractivity contribution < 1.29 is 4.74 Å². The van der Waals surface area contributed by atoms with Gasteiger partial charge in [-0.05, 0) is 37.0 Å². The number of hydrogen-bond acceptors (Lipinski definition) is 3. The number of aliphatic imine (C=N–C) groups is 1. The van der Waals surface area contributed by atoms with E-state index in [0.29, 0.717) is 6.04 Å². The summed E-state index contributed by atoms with van der Waals surface area (Å²) in [6, 6.07) is 9.59. The van der Waals surface area contributed by atoms with E-state index < -0.39 is 0 Å². The summed E-state index contributed by atoms with van der Waals surface area (Å²) >= 11 is 0. The van der Waals surface area contributed by atoms with Gasteiger partial charge in [-0.25, -0.2) is 0 Å². The van der Waals surface area contributed by atoms with Crippen LogP contribution < -0.4 is 15.5 Å². The number of hydrogen-bond donors (Lipinski definition) is 2. The molecule has 0 unspecified atom stereocenters. The lowest BCUT2D eigenvalue weighted by Crippen LogP contribution is -2.37. The number of methoxy groups -OCH3 is 1. The number of rotatable bonds is 8. The van der Waals surface area contributed by atoms with Crippen LogP contribution in [0.25, 0.3) is 0 Å². The van der Waals surface area contributed by atoms with E-state index in [1.54, 1.807) is 14.2 Å². The van der Waals surface area contributed by atoms with Crippen LogP contribution in [0.2, 0.25) is 0 Å². The summed E-state index contributed by atoms with van der Waals surface area (Å²) in [6.07, 6.45) is 7.76. The molecule has 1 aliphatic rings.